The Kier molecular flexibility index (Phi) is 10.3. The van der Waals surface area contributed by atoms with Crippen molar-refractivity contribution in [1.29, 1.82) is 0 Å². The average molecular weight is 582 g/mol. The summed E-state index contributed by atoms with van der Waals surface area (Å²) in [5.41, 5.74) is 1.23. The second-order valence-corrected chi connectivity index (χ2v) is 8.78. The number of hydrogen-bond acceptors (Lipinski definition) is 11. The summed E-state index contributed by atoms with van der Waals surface area (Å²) in [6, 6.07) is 16.1. The normalized spacial score (nSPS) is 10.8. The first-order valence-corrected chi connectivity index (χ1v) is 13.1. The number of aromatic nitrogens is 3. The second kappa shape index (κ2) is 14.3. The van der Waals surface area contributed by atoms with Crippen molar-refractivity contribution in [1.82, 2.24) is 15.0 Å². The molecule has 0 aliphatic heterocycles. The minimum atomic E-state index is -0.527. The van der Waals surface area contributed by atoms with Gasteiger partial charge in [0.15, 0.2) is 24.1 Å². The molecule has 41 heavy (non-hydrogen) atoms. The van der Waals surface area contributed by atoms with E-state index in [0.29, 0.717) is 28.5 Å². The summed E-state index contributed by atoms with van der Waals surface area (Å²) in [5.74, 6) is 0.415. The molecule has 2 N–H and O–H groups in total. The maximum atomic E-state index is 11.6. The van der Waals surface area contributed by atoms with Crippen molar-refractivity contribution >= 4 is 17.6 Å². The molecular weight excluding hydrogens is 554 g/mol. The molecule has 4 rings (SSSR count). The van der Waals surface area contributed by atoms with E-state index in [1.54, 1.807) is 55.5 Å². The largest absolute Gasteiger partial charge is 0.507 e. The number of halogens is 1. The van der Waals surface area contributed by atoms with Crippen LogP contribution in [0.1, 0.15) is 13.8 Å². The number of benzene rings is 3. The van der Waals surface area contributed by atoms with Crippen molar-refractivity contribution in [3.8, 4) is 57.2 Å². The van der Waals surface area contributed by atoms with Crippen molar-refractivity contribution in [3.63, 3.8) is 0 Å². The van der Waals surface area contributed by atoms with Crippen LogP contribution in [0.25, 0.3) is 34.2 Å². The van der Waals surface area contributed by atoms with Gasteiger partial charge in [0.25, 0.3) is 0 Å². The number of rotatable bonds is 13. The molecule has 12 heteroatoms. The SMILES string of the molecule is CCOOCCOc1ccc(-c2nc(-c3ccc(Cl)cc3)nc(-c3ccc(OCC(=O)OCC)cc3O)n2)c(O)c1. The van der Waals surface area contributed by atoms with Gasteiger partial charge in [-0.25, -0.2) is 29.5 Å². The van der Waals surface area contributed by atoms with Gasteiger partial charge in [-0.1, -0.05) is 11.6 Å². The standard InChI is InChI=1S/C29H28ClN3O8/c1-3-37-26(36)17-39-21-10-12-23(25(35)16-21)29-32-27(18-5-7-19(30)8-6-18)31-28(33-29)22-11-9-20(15-24(22)34)38-13-14-41-40-4-2/h5-12,15-16,34-35H,3-4,13-14,17H2,1-2H3. The molecule has 0 fully saturated rings. The highest BCUT2D eigenvalue weighted by molar-refractivity contribution is 6.30. The number of ether oxygens (including phenoxy) is 3. The van der Waals surface area contributed by atoms with Crippen LogP contribution < -0.4 is 9.47 Å². The summed E-state index contributed by atoms with van der Waals surface area (Å²) in [7, 11) is 0. The van der Waals surface area contributed by atoms with Crippen LogP contribution in [0.3, 0.4) is 0 Å². The lowest BCUT2D eigenvalue weighted by molar-refractivity contribution is -0.293. The molecule has 4 aromatic rings. The van der Waals surface area contributed by atoms with E-state index in [2.05, 4.69) is 15.0 Å². The molecule has 11 nitrogen and oxygen atoms in total. The lowest BCUT2D eigenvalue weighted by Crippen LogP contribution is -2.14. The number of phenols is 2. The van der Waals surface area contributed by atoms with Crippen molar-refractivity contribution in [3.05, 3.63) is 65.7 Å². The van der Waals surface area contributed by atoms with Crippen LogP contribution in [-0.4, -0.2) is 64.2 Å². The molecule has 0 saturated heterocycles. The van der Waals surface area contributed by atoms with E-state index in [0.717, 1.165) is 0 Å². The molecule has 1 aromatic heterocycles. The first kappa shape index (κ1) is 29.5. The van der Waals surface area contributed by atoms with E-state index in [9.17, 15) is 15.0 Å². The highest BCUT2D eigenvalue weighted by Crippen LogP contribution is 2.35. The molecule has 0 amide bonds. The number of aromatic hydroxyl groups is 2. The Balaban J connectivity index is 1.67. The van der Waals surface area contributed by atoms with Crippen molar-refractivity contribution in [2.45, 2.75) is 13.8 Å². The van der Waals surface area contributed by atoms with E-state index >= 15 is 0 Å². The Morgan fingerprint density at radius 3 is 1.88 bits per heavy atom. The summed E-state index contributed by atoms with van der Waals surface area (Å²) in [6.45, 7) is 4.29. The summed E-state index contributed by atoms with van der Waals surface area (Å²) < 4.78 is 15.9. The molecule has 0 aliphatic carbocycles. The van der Waals surface area contributed by atoms with Gasteiger partial charge in [-0.15, -0.1) is 0 Å². The molecule has 0 atom stereocenters. The molecule has 214 valence electrons. The zero-order chi connectivity index (χ0) is 29.2. The van der Waals surface area contributed by atoms with Crippen LogP contribution in [0.4, 0.5) is 0 Å². The lowest BCUT2D eigenvalue weighted by Gasteiger charge is -2.12. The monoisotopic (exact) mass is 581 g/mol. The third-order valence-electron chi connectivity index (χ3n) is 5.46. The number of hydrogen-bond donors (Lipinski definition) is 2. The third-order valence-corrected chi connectivity index (χ3v) is 5.71. The molecule has 0 saturated carbocycles. The van der Waals surface area contributed by atoms with Gasteiger partial charge in [-0.05, 0) is 62.4 Å². The summed E-state index contributed by atoms with van der Waals surface area (Å²) >= 11 is 6.06. The maximum Gasteiger partial charge on any atom is 0.344 e. The predicted octanol–water partition coefficient (Wildman–Crippen LogP) is 5.23. The van der Waals surface area contributed by atoms with Crippen molar-refractivity contribution < 1.29 is 39.0 Å². The van der Waals surface area contributed by atoms with Crippen LogP contribution >= 0.6 is 11.6 Å². The zero-order valence-corrected chi connectivity index (χ0v) is 23.1. The fourth-order valence-corrected chi connectivity index (χ4v) is 3.73. The van der Waals surface area contributed by atoms with E-state index in [1.807, 2.05) is 6.92 Å². The van der Waals surface area contributed by atoms with Crippen molar-refractivity contribution in [2.24, 2.45) is 0 Å². The van der Waals surface area contributed by atoms with E-state index in [4.69, 9.17) is 35.6 Å². The minimum absolute atomic E-state index is 0.126. The number of phenolic OH excluding ortho intramolecular Hbond substituents is 2. The van der Waals surface area contributed by atoms with Gasteiger partial charge in [0.1, 0.15) is 36.2 Å². The Bertz CT molecular complexity index is 1480. The van der Waals surface area contributed by atoms with Crippen LogP contribution in [0.5, 0.6) is 23.0 Å². The molecule has 0 bridgehead atoms. The van der Waals surface area contributed by atoms with E-state index in [-0.39, 0.29) is 66.7 Å². The first-order valence-electron chi connectivity index (χ1n) is 12.7. The summed E-state index contributed by atoms with van der Waals surface area (Å²) in [4.78, 5) is 35.0. The minimum Gasteiger partial charge on any atom is -0.507 e. The van der Waals surface area contributed by atoms with E-state index < -0.39 is 5.97 Å². The second-order valence-electron chi connectivity index (χ2n) is 8.34. The summed E-state index contributed by atoms with van der Waals surface area (Å²) in [6.07, 6.45) is 0. The molecular formula is C29H28ClN3O8. The Labute approximate surface area is 241 Å². The predicted molar refractivity (Wildman–Crippen MR) is 150 cm³/mol. The Morgan fingerprint density at radius 1 is 0.732 bits per heavy atom. The highest BCUT2D eigenvalue weighted by atomic mass is 35.5. The zero-order valence-electron chi connectivity index (χ0n) is 22.4. The number of esters is 1. The van der Waals surface area contributed by atoms with Crippen LogP contribution in [0, 0.1) is 0 Å². The van der Waals surface area contributed by atoms with Gasteiger partial charge in [0, 0.05) is 22.7 Å². The quantitative estimate of drug-likeness (QED) is 0.0927. The van der Waals surface area contributed by atoms with Crippen LogP contribution in [-0.2, 0) is 19.3 Å². The lowest BCUT2D eigenvalue weighted by atomic mass is 10.1. The molecule has 3 aromatic carbocycles. The highest BCUT2D eigenvalue weighted by Gasteiger charge is 2.18. The maximum absolute atomic E-state index is 11.6. The Morgan fingerprint density at radius 2 is 1.32 bits per heavy atom. The molecule has 0 aliphatic rings. The van der Waals surface area contributed by atoms with Crippen LogP contribution in [0.2, 0.25) is 5.02 Å². The van der Waals surface area contributed by atoms with Gasteiger partial charge in [0.2, 0.25) is 0 Å². The smallest absolute Gasteiger partial charge is 0.344 e. The topological polar surface area (TPSA) is 142 Å². The van der Waals surface area contributed by atoms with Gasteiger partial charge >= 0.3 is 5.97 Å². The molecule has 1 heterocycles. The Hall–Kier alpha value is -4.45. The van der Waals surface area contributed by atoms with Crippen molar-refractivity contribution in [2.75, 3.05) is 33.0 Å². The fraction of sp³-hybridized carbons (Fsp3) is 0.241. The number of nitrogens with zero attached hydrogens (tertiary/aromatic N) is 3. The molecule has 0 radical (unpaired) electrons. The molecule has 0 spiro atoms. The third kappa shape index (κ3) is 8.04. The van der Waals surface area contributed by atoms with E-state index in [1.165, 1.54) is 12.1 Å². The number of carbonyl (C=O) groups is 1. The molecule has 0 unspecified atom stereocenters. The summed E-state index contributed by atoms with van der Waals surface area (Å²) in [5, 5.41) is 22.2. The number of carbonyl (C=O) groups excluding carboxylic acids is 1. The van der Waals surface area contributed by atoms with Gasteiger partial charge < -0.3 is 24.4 Å². The van der Waals surface area contributed by atoms with Gasteiger partial charge in [-0.2, -0.15) is 0 Å². The fourth-order valence-electron chi connectivity index (χ4n) is 3.61. The van der Waals surface area contributed by atoms with Gasteiger partial charge in [0.05, 0.1) is 24.3 Å². The average Bonchev–Trinajstić information content (AvgIpc) is 2.96. The first-order chi connectivity index (χ1) is 19.9. The van der Waals surface area contributed by atoms with Crippen LogP contribution in [0.15, 0.2) is 60.7 Å². The van der Waals surface area contributed by atoms with Gasteiger partial charge in [-0.3, -0.25) is 0 Å².